The first kappa shape index (κ1) is 45.0. The van der Waals surface area contributed by atoms with E-state index in [1.807, 2.05) is 25.6 Å². The van der Waals surface area contributed by atoms with E-state index in [4.69, 9.17) is 19.5 Å². The molecule has 0 aromatic heterocycles. The van der Waals surface area contributed by atoms with Crippen molar-refractivity contribution in [1.82, 2.24) is 0 Å². The van der Waals surface area contributed by atoms with E-state index in [0.29, 0.717) is 11.5 Å². The third-order valence-electron chi connectivity index (χ3n) is 9.54. The van der Waals surface area contributed by atoms with Gasteiger partial charge in [0.05, 0.1) is 12.1 Å². The van der Waals surface area contributed by atoms with Gasteiger partial charge in [0.25, 0.3) is 0 Å². The van der Waals surface area contributed by atoms with Gasteiger partial charge in [-0.1, -0.05) is 121 Å². The number of hydrogen-bond donors (Lipinski definition) is 2. The minimum Gasteiger partial charge on any atom is -0.552 e. The van der Waals surface area contributed by atoms with Crippen LogP contribution in [0, 0.1) is 13.2 Å². The van der Waals surface area contributed by atoms with Crippen molar-refractivity contribution >= 4 is 12.4 Å². The summed E-state index contributed by atoms with van der Waals surface area (Å²) in [6.45, 7) is 31.6. The average Bonchev–Trinajstić information content (AvgIpc) is 3.78. The first-order valence-corrected chi connectivity index (χ1v) is 18.9. The van der Waals surface area contributed by atoms with E-state index in [-0.39, 0.29) is 51.1 Å². The van der Waals surface area contributed by atoms with E-state index in [0.717, 1.165) is 74.0 Å². The van der Waals surface area contributed by atoms with Gasteiger partial charge in [-0.05, 0) is 57.8 Å². The second-order valence-corrected chi connectivity index (χ2v) is 18.3. The second-order valence-electron chi connectivity index (χ2n) is 18.3. The molecule has 6 nitrogen and oxygen atoms in total. The summed E-state index contributed by atoms with van der Waals surface area (Å²) < 4.78 is 9.64. The zero-order valence-corrected chi connectivity index (χ0v) is 35.1. The number of hydrogen-bond acceptors (Lipinski definition) is 6. The van der Waals surface area contributed by atoms with Gasteiger partial charge in [0, 0.05) is 65.3 Å². The Balaban J connectivity index is 0.000000699. The molecule has 2 aromatic carbocycles. The third-order valence-corrected chi connectivity index (χ3v) is 9.54. The van der Waals surface area contributed by atoms with E-state index >= 15 is 0 Å². The van der Waals surface area contributed by atoms with Gasteiger partial charge in [-0.2, -0.15) is 12.8 Å². The number of phenols is 2. The molecule has 0 bridgehead atoms. The Labute approximate surface area is 322 Å². The average molecular weight is 741 g/mol. The zero-order chi connectivity index (χ0) is 37.3. The van der Waals surface area contributed by atoms with Crippen LogP contribution in [0.4, 0.5) is 0 Å². The molecule has 51 heavy (non-hydrogen) atoms. The molecule has 2 saturated heterocycles. The molecule has 3 fully saturated rings. The van der Waals surface area contributed by atoms with E-state index in [2.05, 4.69) is 107 Å². The summed E-state index contributed by atoms with van der Waals surface area (Å²) in [4.78, 5) is 10.1. The smallest absolute Gasteiger partial charge is 0.128 e. The largest absolute Gasteiger partial charge is 0.552 e. The molecule has 0 radical (unpaired) electrons. The molecular weight excluding hydrogens is 672 g/mol. The van der Waals surface area contributed by atoms with Gasteiger partial charge in [-0.15, -0.1) is 0 Å². The molecule has 1 saturated carbocycles. The molecule has 286 valence electrons. The van der Waals surface area contributed by atoms with Gasteiger partial charge in [0.1, 0.15) is 11.5 Å². The number of aliphatic imine (C=N–C) groups is 2. The first-order chi connectivity index (χ1) is 23.2. The standard InChI is InChI=1S/C36H54N2O2.2C4H7O.Cr/c1-33(2,3)25-17-23(31(39)27(19-25)35(7,8)9)21-37-29-15-13-14-16-30(29)38-22-24-18-26(34(4,5)6)20-28(32(24)40)36(10,11)12;2*1-2-4-5-3-1;/h17-22,29-30,39-40H,13-16H2,1-12H3;2*3H,1-2,4H2;/q;2*-1;. The summed E-state index contributed by atoms with van der Waals surface area (Å²) in [7, 11) is 0. The fourth-order valence-electron chi connectivity index (χ4n) is 6.15. The van der Waals surface area contributed by atoms with E-state index in [9.17, 15) is 10.2 Å². The summed E-state index contributed by atoms with van der Waals surface area (Å²) >= 11 is 0. The summed E-state index contributed by atoms with van der Waals surface area (Å²) in [6, 6.07) is 8.53. The molecule has 2 heterocycles. The molecule has 0 spiro atoms. The number of aromatic hydroxyl groups is 2. The Bertz CT molecular complexity index is 1300. The SMILES string of the molecule is CC(C)(C)c1cc(C=NC2CCCCC2N=Cc2cc(C(C)(C)C)cc(C(C)(C)C)c2O)c(O)c(C(C)(C)C)c1.[CH-]1CCCO1.[CH-]1CCCO1.[Cr]. The monoisotopic (exact) mass is 740 g/mol. The van der Waals surface area contributed by atoms with Crippen molar-refractivity contribution in [3.63, 3.8) is 0 Å². The Kier molecular flexibility index (Phi) is 17.0. The van der Waals surface area contributed by atoms with Gasteiger partial charge in [-0.3, -0.25) is 9.98 Å². The van der Waals surface area contributed by atoms with Crippen LogP contribution in [0.5, 0.6) is 11.5 Å². The van der Waals surface area contributed by atoms with Gasteiger partial charge >= 0.3 is 0 Å². The van der Waals surface area contributed by atoms with Gasteiger partial charge in [0.15, 0.2) is 0 Å². The topological polar surface area (TPSA) is 83.6 Å². The van der Waals surface area contributed by atoms with Crippen LogP contribution in [-0.4, -0.2) is 47.9 Å². The van der Waals surface area contributed by atoms with E-state index in [1.54, 1.807) is 0 Å². The summed E-state index contributed by atoms with van der Waals surface area (Å²) in [5.41, 5.74) is 5.39. The van der Waals surface area contributed by atoms with E-state index < -0.39 is 0 Å². The maximum absolute atomic E-state index is 11.2. The summed E-state index contributed by atoms with van der Waals surface area (Å²) in [5.74, 6) is 0.637. The van der Waals surface area contributed by atoms with Crippen molar-refractivity contribution < 1.29 is 37.0 Å². The molecule has 1 aliphatic carbocycles. The molecule has 2 N–H and O–H groups in total. The number of benzene rings is 2. The van der Waals surface area contributed by atoms with Crippen LogP contribution < -0.4 is 0 Å². The molecule has 7 heteroatoms. The number of rotatable bonds is 4. The van der Waals surface area contributed by atoms with Crippen molar-refractivity contribution in [3.05, 3.63) is 70.9 Å². The predicted molar refractivity (Wildman–Crippen MR) is 211 cm³/mol. The molecule has 3 aliphatic rings. The van der Waals surface area contributed by atoms with Crippen LogP contribution in [0.15, 0.2) is 34.3 Å². The van der Waals surface area contributed by atoms with Crippen LogP contribution >= 0.6 is 0 Å². The Morgan fingerprint density at radius 3 is 1.16 bits per heavy atom. The molecule has 5 rings (SSSR count). The Morgan fingerprint density at radius 1 is 0.569 bits per heavy atom. The second kappa shape index (κ2) is 19.2. The van der Waals surface area contributed by atoms with Crippen molar-refractivity contribution in [2.45, 2.75) is 168 Å². The summed E-state index contributed by atoms with van der Waals surface area (Å²) in [6.07, 6.45) is 12.7. The maximum Gasteiger partial charge on any atom is 0.128 e. The molecule has 2 atom stereocenters. The van der Waals surface area contributed by atoms with Crippen LogP contribution in [0.2, 0.25) is 0 Å². The van der Waals surface area contributed by atoms with Gasteiger partial charge < -0.3 is 19.7 Å². The fraction of sp³-hybridized carbons (Fsp3) is 0.636. The zero-order valence-electron chi connectivity index (χ0n) is 33.9. The normalized spacial score (nSPS) is 20.1. The molecule has 2 unspecified atom stereocenters. The van der Waals surface area contributed by atoms with E-state index in [1.165, 1.54) is 24.0 Å². The van der Waals surface area contributed by atoms with Crippen LogP contribution in [0.3, 0.4) is 0 Å². The minimum absolute atomic E-state index is 0. The number of phenolic OH excluding ortho intramolecular Hbond substituents is 2. The number of ether oxygens (including phenoxy) is 2. The van der Waals surface area contributed by atoms with Crippen molar-refractivity contribution in [1.29, 1.82) is 0 Å². The molecule has 2 aliphatic heterocycles. The Morgan fingerprint density at radius 2 is 0.922 bits per heavy atom. The van der Waals surface area contributed by atoms with Crippen molar-refractivity contribution in [2.24, 2.45) is 9.98 Å². The minimum atomic E-state index is -0.179. The molecular formula is C44H68CrN2O4-2. The third kappa shape index (κ3) is 14.0. The van der Waals surface area contributed by atoms with Crippen molar-refractivity contribution in [2.75, 3.05) is 13.2 Å². The number of nitrogens with zero attached hydrogens (tertiary/aromatic N) is 2. The molecule has 0 amide bonds. The first-order valence-electron chi connectivity index (χ1n) is 18.9. The quantitative estimate of drug-likeness (QED) is 0.241. The van der Waals surface area contributed by atoms with Gasteiger partial charge in [-0.25, -0.2) is 13.2 Å². The van der Waals surface area contributed by atoms with Crippen molar-refractivity contribution in [3.8, 4) is 11.5 Å². The summed E-state index contributed by atoms with van der Waals surface area (Å²) in [5, 5.41) is 22.5. The Hall–Kier alpha value is -2.17. The van der Waals surface area contributed by atoms with Crippen LogP contribution in [0.25, 0.3) is 0 Å². The van der Waals surface area contributed by atoms with Gasteiger partial charge in [0.2, 0.25) is 0 Å². The maximum atomic E-state index is 11.2. The van der Waals surface area contributed by atoms with Crippen LogP contribution in [-0.2, 0) is 48.5 Å². The molecule has 2 aromatic rings. The predicted octanol–water partition coefficient (Wildman–Crippen LogP) is 11.1. The fourth-order valence-corrected chi connectivity index (χ4v) is 6.15. The van der Waals surface area contributed by atoms with Crippen LogP contribution in [0.1, 0.15) is 168 Å².